The average Bonchev–Trinajstić information content (AvgIpc) is 3.32. The quantitative estimate of drug-likeness (QED) is 0.272. The Morgan fingerprint density at radius 1 is 1.10 bits per heavy atom. The number of benzene rings is 2. The van der Waals surface area contributed by atoms with Crippen LogP contribution in [0.3, 0.4) is 0 Å². The second kappa shape index (κ2) is 13.6. The Bertz CT molecular complexity index is 1380. The molecule has 2 aromatic carbocycles. The average molecular weight is 590 g/mol. The lowest BCUT2D eigenvalue weighted by Crippen LogP contribution is -2.40. The van der Waals surface area contributed by atoms with Crippen molar-refractivity contribution in [3.8, 4) is 0 Å². The smallest absolute Gasteiger partial charge is 0.254 e. The van der Waals surface area contributed by atoms with Crippen molar-refractivity contribution in [2.75, 3.05) is 37.4 Å². The predicted molar refractivity (Wildman–Crippen MR) is 150 cm³/mol. The highest BCUT2D eigenvalue weighted by atomic mass is 35.5. The number of halogens is 2. The molecular weight excluding hydrogens is 563 g/mol. The van der Waals surface area contributed by atoms with E-state index in [1.54, 1.807) is 51.9 Å². The molecule has 0 atom stereocenters. The molecule has 1 aliphatic heterocycles. The van der Waals surface area contributed by atoms with E-state index < -0.39 is 0 Å². The van der Waals surface area contributed by atoms with Crippen LogP contribution in [0.4, 0.5) is 5.69 Å². The van der Waals surface area contributed by atoms with Crippen molar-refractivity contribution in [2.45, 2.75) is 18.2 Å². The molecule has 13 heteroatoms. The molecule has 204 valence electrons. The molecule has 1 aliphatic rings. The van der Waals surface area contributed by atoms with Crippen LogP contribution in [0.25, 0.3) is 0 Å². The second-order valence-corrected chi connectivity index (χ2v) is 10.2. The van der Waals surface area contributed by atoms with Gasteiger partial charge in [0.05, 0.1) is 36.1 Å². The molecule has 4 rings (SSSR count). The van der Waals surface area contributed by atoms with Crippen LogP contribution in [-0.2, 0) is 22.6 Å². The molecule has 1 saturated heterocycles. The molecule has 2 heterocycles. The van der Waals surface area contributed by atoms with E-state index >= 15 is 0 Å². The summed E-state index contributed by atoms with van der Waals surface area (Å²) in [5.74, 6) is -0.196. The molecule has 0 aliphatic carbocycles. The van der Waals surface area contributed by atoms with Gasteiger partial charge in [0.2, 0.25) is 5.91 Å². The van der Waals surface area contributed by atoms with Crippen molar-refractivity contribution in [3.63, 3.8) is 0 Å². The minimum Gasteiger partial charge on any atom is -0.378 e. The molecule has 0 saturated carbocycles. The summed E-state index contributed by atoms with van der Waals surface area (Å²) in [6, 6.07) is 11.5. The number of thioether (sulfide) groups is 1. The molecule has 2 N–H and O–H groups in total. The molecule has 39 heavy (non-hydrogen) atoms. The van der Waals surface area contributed by atoms with Gasteiger partial charge in [-0.25, -0.2) is 0 Å². The Morgan fingerprint density at radius 3 is 2.64 bits per heavy atom. The Balaban J connectivity index is 1.34. The van der Waals surface area contributed by atoms with Gasteiger partial charge in [-0.05, 0) is 36.4 Å². The maximum absolute atomic E-state index is 12.7. The Labute approximate surface area is 239 Å². The number of aromatic nitrogens is 3. The van der Waals surface area contributed by atoms with Gasteiger partial charge in [0, 0.05) is 35.9 Å². The van der Waals surface area contributed by atoms with Crippen molar-refractivity contribution in [1.29, 1.82) is 0 Å². The molecule has 10 nitrogen and oxygen atoms in total. The number of hydrogen-bond acceptors (Lipinski definition) is 7. The Kier molecular flexibility index (Phi) is 9.99. The van der Waals surface area contributed by atoms with Crippen molar-refractivity contribution in [1.82, 2.24) is 25.0 Å². The van der Waals surface area contributed by atoms with Crippen LogP contribution in [-0.4, -0.2) is 69.4 Å². The van der Waals surface area contributed by atoms with Crippen LogP contribution in [0.15, 0.2) is 60.3 Å². The maximum Gasteiger partial charge on any atom is 0.254 e. The lowest BCUT2D eigenvalue weighted by molar-refractivity contribution is -0.113. The first-order chi connectivity index (χ1) is 18.9. The number of amides is 3. The third kappa shape index (κ3) is 7.60. The summed E-state index contributed by atoms with van der Waals surface area (Å²) in [6.45, 7) is 6.35. The number of carbonyl (C=O) groups is 3. The van der Waals surface area contributed by atoms with Crippen molar-refractivity contribution in [3.05, 3.63) is 82.1 Å². The summed E-state index contributed by atoms with van der Waals surface area (Å²) < 4.78 is 7.06. The van der Waals surface area contributed by atoms with E-state index in [0.29, 0.717) is 60.1 Å². The summed E-state index contributed by atoms with van der Waals surface area (Å²) in [6.07, 6.45) is 1.67. The summed E-state index contributed by atoms with van der Waals surface area (Å²) in [7, 11) is 0. The van der Waals surface area contributed by atoms with E-state index in [-0.39, 0.29) is 40.6 Å². The number of allylic oxidation sites excluding steroid dienone is 1. The monoisotopic (exact) mass is 588 g/mol. The first-order valence-corrected chi connectivity index (χ1v) is 13.8. The number of ether oxygens (including phenoxy) is 1. The second-order valence-electron chi connectivity index (χ2n) is 8.43. The SMILES string of the molecule is C=CCn1c(CNC(=O)c2ccc(Cl)cc2Cl)nnc1SCC(=O)Nc1cccc(C(=O)N2CCOCC2)c1. The van der Waals surface area contributed by atoms with Gasteiger partial charge in [-0.1, -0.05) is 47.1 Å². The van der Waals surface area contributed by atoms with E-state index in [1.165, 1.54) is 17.8 Å². The predicted octanol–water partition coefficient (Wildman–Crippen LogP) is 3.90. The number of nitrogens with one attached hydrogen (secondary N) is 2. The number of rotatable bonds is 10. The van der Waals surface area contributed by atoms with Crippen LogP contribution in [0.1, 0.15) is 26.5 Å². The van der Waals surface area contributed by atoms with Gasteiger partial charge in [-0.15, -0.1) is 16.8 Å². The van der Waals surface area contributed by atoms with E-state index in [0.717, 1.165) is 0 Å². The molecule has 1 fully saturated rings. The Hall–Kier alpha value is -3.38. The lowest BCUT2D eigenvalue weighted by Gasteiger charge is -2.27. The molecule has 3 aromatic rings. The number of carbonyl (C=O) groups excluding carboxylic acids is 3. The van der Waals surface area contributed by atoms with Gasteiger partial charge in [-0.3, -0.25) is 14.4 Å². The summed E-state index contributed by atoms with van der Waals surface area (Å²) in [5, 5.41) is 15.1. The van der Waals surface area contributed by atoms with Gasteiger partial charge < -0.3 is 24.8 Å². The van der Waals surface area contributed by atoms with Gasteiger partial charge >= 0.3 is 0 Å². The third-order valence-electron chi connectivity index (χ3n) is 5.71. The standard InChI is InChI=1S/C26H26Cl2N6O4S/c1-2-8-34-22(15-29-24(36)20-7-6-18(27)14-21(20)28)31-32-26(34)39-16-23(35)30-19-5-3-4-17(13-19)25(37)33-9-11-38-12-10-33/h2-7,13-14H,1,8-12,15-16H2,(H,29,36)(H,30,35). The highest BCUT2D eigenvalue weighted by Gasteiger charge is 2.19. The number of anilines is 1. The zero-order chi connectivity index (χ0) is 27.8. The minimum atomic E-state index is -0.382. The maximum atomic E-state index is 12.7. The van der Waals surface area contributed by atoms with Crippen LogP contribution in [0, 0.1) is 0 Å². The molecular formula is C26H26Cl2N6O4S. The number of hydrogen-bond donors (Lipinski definition) is 2. The van der Waals surface area contributed by atoms with E-state index in [2.05, 4.69) is 27.4 Å². The molecule has 0 spiro atoms. The zero-order valence-electron chi connectivity index (χ0n) is 20.9. The fourth-order valence-corrected chi connectivity index (χ4v) is 5.06. The third-order valence-corrected chi connectivity index (χ3v) is 7.23. The highest BCUT2D eigenvalue weighted by molar-refractivity contribution is 7.99. The fourth-order valence-electron chi connectivity index (χ4n) is 3.80. The molecule has 0 radical (unpaired) electrons. The highest BCUT2D eigenvalue weighted by Crippen LogP contribution is 2.22. The van der Waals surface area contributed by atoms with Crippen LogP contribution in [0.5, 0.6) is 0 Å². The van der Waals surface area contributed by atoms with E-state index in [4.69, 9.17) is 27.9 Å². The first-order valence-electron chi connectivity index (χ1n) is 12.0. The van der Waals surface area contributed by atoms with Crippen molar-refractivity contribution < 1.29 is 19.1 Å². The lowest BCUT2D eigenvalue weighted by atomic mass is 10.1. The normalized spacial score (nSPS) is 13.1. The van der Waals surface area contributed by atoms with Gasteiger partial charge in [0.1, 0.15) is 0 Å². The summed E-state index contributed by atoms with van der Waals surface area (Å²) in [4.78, 5) is 39.7. The Morgan fingerprint density at radius 2 is 1.90 bits per heavy atom. The molecule has 0 unspecified atom stereocenters. The number of morpholine rings is 1. The van der Waals surface area contributed by atoms with Crippen molar-refractivity contribution in [2.24, 2.45) is 0 Å². The van der Waals surface area contributed by atoms with Crippen LogP contribution < -0.4 is 10.6 Å². The summed E-state index contributed by atoms with van der Waals surface area (Å²) in [5.41, 5.74) is 1.31. The zero-order valence-corrected chi connectivity index (χ0v) is 23.2. The fraction of sp³-hybridized carbons (Fsp3) is 0.269. The minimum absolute atomic E-state index is 0.0592. The van der Waals surface area contributed by atoms with Crippen molar-refractivity contribution >= 4 is 58.4 Å². The largest absolute Gasteiger partial charge is 0.378 e. The van der Waals surface area contributed by atoms with Crippen LogP contribution in [0.2, 0.25) is 10.0 Å². The first kappa shape index (κ1) is 28.6. The molecule has 1 aromatic heterocycles. The van der Waals surface area contributed by atoms with E-state index in [9.17, 15) is 14.4 Å². The van der Waals surface area contributed by atoms with E-state index in [1.807, 2.05) is 0 Å². The van der Waals surface area contributed by atoms with Gasteiger partial charge in [-0.2, -0.15) is 0 Å². The molecule has 0 bridgehead atoms. The summed E-state index contributed by atoms with van der Waals surface area (Å²) >= 11 is 13.2. The van der Waals surface area contributed by atoms with Gasteiger partial charge in [0.25, 0.3) is 11.8 Å². The molecule has 3 amide bonds. The number of nitrogens with zero attached hydrogens (tertiary/aromatic N) is 4. The topological polar surface area (TPSA) is 118 Å². The van der Waals surface area contributed by atoms with Crippen LogP contribution >= 0.6 is 35.0 Å². The van der Waals surface area contributed by atoms with Gasteiger partial charge in [0.15, 0.2) is 11.0 Å².